The second kappa shape index (κ2) is 6.14. The lowest BCUT2D eigenvalue weighted by molar-refractivity contribution is 0.102. The lowest BCUT2D eigenvalue weighted by atomic mass is 10.1. The highest BCUT2D eigenvalue weighted by Crippen LogP contribution is 2.34. The summed E-state index contributed by atoms with van der Waals surface area (Å²) in [5, 5.41) is 11.9. The first-order chi connectivity index (χ1) is 11.3. The predicted molar refractivity (Wildman–Crippen MR) is 94.2 cm³/mol. The van der Waals surface area contributed by atoms with E-state index in [2.05, 4.69) is 15.5 Å². The summed E-state index contributed by atoms with van der Waals surface area (Å²) in [5.41, 5.74) is 1.97. The summed E-state index contributed by atoms with van der Waals surface area (Å²) in [7, 11) is -3.33. The number of anilines is 2. The molecule has 9 heteroatoms. The molecule has 0 bridgehead atoms. The molecule has 0 aliphatic carbocycles. The van der Waals surface area contributed by atoms with Gasteiger partial charge in [-0.15, -0.1) is 10.2 Å². The Bertz CT molecular complexity index is 892. The van der Waals surface area contributed by atoms with E-state index in [1.807, 2.05) is 13.8 Å². The van der Waals surface area contributed by atoms with Gasteiger partial charge >= 0.3 is 0 Å². The van der Waals surface area contributed by atoms with Gasteiger partial charge in [0.2, 0.25) is 15.2 Å². The van der Waals surface area contributed by atoms with Crippen LogP contribution in [0.5, 0.6) is 0 Å². The second-order valence-electron chi connectivity index (χ2n) is 5.76. The molecule has 1 amide bonds. The minimum Gasteiger partial charge on any atom is -0.296 e. The molecule has 2 heterocycles. The molecule has 128 valence electrons. The summed E-state index contributed by atoms with van der Waals surface area (Å²) in [5.74, 6) is -0.276. The maximum atomic E-state index is 12.4. The number of nitrogens with zero attached hydrogens (tertiary/aromatic N) is 3. The van der Waals surface area contributed by atoms with Gasteiger partial charge in [0.05, 0.1) is 11.9 Å². The van der Waals surface area contributed by atoms with E-state index >= 15 is 0 Å². The maximum absolute atomic E-state index is 12.4. The Morgan fingerprint density at radius 1 is 1.42 bits per heavy atom. The predicted octanol–water partition coefficient (Wildman–Crippen LogP) is 2.06. The van der Waals surface area contributed by atoms with Gasteiger partial charge in [0.25, 0.3) is 5.91 Å². The topological polar surface area (TPSA) is 92.3 Å². The molecule has 2 aromatic rings. The van der Waals surface area contributed by atoms with Crippen molar-refractivity contribution in [2.45, 2.75) is 32.7 Å². The van der Waals surface area contributed by atoms with Crippen molar-refractivity contribution in [3.8, 4) is 0 Å². The Morgan fingerprint density at radius 3 is 2.79 bits per heavy atom. The first kappa shape index (κ1) is 16.8. The van der Waals surface area contributed by atoms with Crippen molar-refractivity contribution >= 4 is 38.1 Å². The molecule has 3 rings (SSSR count). The third kappa shape index (κ3) is 3.13. The molecule has 1 aliphatic rings. The Hall–Kier alpha value is -2.00. The molecule has 7 nitrogen and oxygen atoms in total. The molecular weight excluding hydrogens is 348 g/mol. The van der Waals surface area contributed by atoms with E-state index in [0.717, 1.165) is 17.0 Å². The summed E-state index contributed by atoms with van der Waals surface area (Å²) in [6.07, 6.45) is 2.55. The number of fused-ring (bicyclic) bond motifs is 1. The van der Waals surface area contributed by atoms with Gasteiger partial charge in [-0.3, -0.25) is 14.4 Å². The number of hydrogen-bond donors (Lipinski definition) is 1. The summed E-state index contributed by atoms with van der Waals surface area (Å²) in [6, 6.07) is 4.91. The number of carbonyl (C=O) groups is 1. The summed E-state index contributed by atoms with van der Waals surface area (Å²) in [4.78, 5) is 12.4. The van der Waals surface area contributed by atoms with E-state index in [-0.39, 0.29) is 11.9 Å². The molecule has 0 fully saturated rings. The van der Waals surface area contributed by atoms with Crippen molar-refractivity contribution in [2.75, 3.05) is 15.9 Å². The highest BCUT2D eigenvalue weighted by Gasteiger charge is 2.32. The number of hydrogen-bond acceptors (Lipinski definition) is 6. The van der Waals surface area contributed by atoms with Crippen molar-refractivity contribution < 1.29 is 13.2 Å². The van der Waals surface area contributed by atoms with E-state index in [0.29, 0.717) is 22.8 Å². The van der Waals surface area contributed by atoms with Gasteiger partial charge in [0.1, 0.15) is 5.01 Å². The van der Waals surface area contributed by atoms with Crippen LogP contribution in [0.4, 0.5) is 10.8 Å². The molecule has 1 aromatic carbocycles. The third-order valence-electron chi connectivity index (χ3n) is 3.84. The van der Waals surface area contributed by atoms with Crippen LogP contribution >= 0.6 is 11.3 Å². The van der Waals surface area contributed by atoms with Crippen LogP contribution in [0.15, 0.2) is 18.2 Å². The molecule has 1 aromatic heterocycles. The number of aromatic nitrogens is 2. The Kier molecular flexibility index (Phi) is 4.31. The standard InChI is InChI=1S/C15H18N4O3S2/c1-4-13-17-18-15(23-13)16-14(20)10-5-6-12-11(8-10)7-9(2)19(12)24(3,21)22/h5-6,8-9H,4,7H2,1-3H3,(H,16,18,20)/t9-/m0/s1. The van der Waals surface area contributed by atoms with Crippen molar-refractivity contribution in [1.82, 2.24) is 10.2 Å². The lowest BCUT2D eigenvalue weighted by Crippen LogP contribution is -2.34. The molecular formula is C15H18N4O3S2. The second-order valence-corrected chi connectivity index (χ2v) is 8.69. The van der Waals surface area contributed by atoms with Crippen LogP contribution in [0, 0.1) is 0 Å². The number of carbonyl (C=O) groups excluding carboxylic acids is 1. The lowest BCUT2D eigenvalue weighted by Gasteiger charge is -2.21. The SMILES string of the molecule is CCc1nnc(NC(=O)c2ccc3c(c2)C[C@H](C)N3S(C)(=O)=O)s1. The van der Waals surface area contributed by atoms with Crippen LogP contribution in [0.3, 0.4) is 0 Å². The average Bonchev–Trinajstić information content (AvgIpc) is 3.08. The monoisotopic (exact) mass is 366 g/mol. The molecule has 0 spiro atoms. The van der Waals surface area contributed by atoms with Gasteiger partial charge in [0, 0.05) is 11.6 Å². The van der Waals surface area contributed by atoms with E-state index < -0.39 is 10.0 Å². The highest BCUT2D eigenvalue weighted by molar-refractivity contribution is 7.92. The third-order valence-corrected chi connectivity index (χ3v) is 6.10. The van der Waals surface area contributed by atoms with Crippen molar-refractivity contribution in [2.24, 2.45) is 0 Å². The Labute approximate surface area is 144 Å². The van der Waals surface area contributed by atoms with Gasteiger partial charge < -0.3 is 0 Å². The summed E-state index contributed by atoms with van der Waals surface area (Å²) >= 11 is 1.34. The highest BCUT2D eigenvalue weighted by atomic mass is 32.2. The van der Waals surface area contributed by atoms with Crippen LogP contribution < -0.4 is 9.62 Å². The number of aryl methyl sites for hydroxylation is 1. The van der Waals surface area contributed by atoms with E-state index in [1.54, 1.807) is 18.2 Å². The largest absolute Gasteiger partial charge is 0.296 e. The van der Waals surface area contributed by atoms with Crippen LogP contribution in [0.2, 0.25) is 0 Å². The molecule has 0 saturated heterocycles. The zero-order valence-electron chi connectivity index (χ0n) is 13.6. The molecule has 0 unspecified atom stereocenters. The fourth-order valence-corrected chi connectivity index (χ4v) is 4.80. The van der Waals surface area contributed by atoms with E-state index in [1.165, 1.54) is 21.9 Å². The van der Waals surface area contributed by atoms with Crippen LogP contribution in [0.25, 0.3) is 0 Å². The Morgan fingerprint density at radius 2 is 2.17 bits per heavy atom. The maximum Gasteiger partial charge on any atom is 0.257 e. The molecule has 24 heavy (non-hydrogen) atoms. The zero-order chi connectivity index (χ0) is 17.5. The first-order valence-electron chi connectivity index (χ1n) is 7.55. The fourth-order valence-electron chi connectivity index (χ4n) is 2.87. The van der Waals surface area contributed by atoms with Crippen molar-refractivity contribution in [3.05, 3.63) is 34.3 Å². The van der Waals surface area contributed by atoms with Crippen LogP contribution in [-0.4, -0.2) is 36.8 Å². The summed E-state index contributed by atoms with van der Waals surface area (Å²) < 4.78 is 25.3. The molecule has 0 saturated carbocycles. The van der Waals surface area contributed by atoms with Crippen LogP contribution in [0.1, 0.15) is 34.8 Å². The Balaban J connectivity index is 1.84. The molecule has 1 N–H and O–H groups in total. The number of rotatable bonds is 4. The number of sulfonamides is 1. The van der Waals surface area contributed by atoms with Crippen molar-refractivity contribution in [1.29, 1.82) is 0 Å². The van der Waals surface area contributed by atoms with Gasteiger partial charge in [-0.05, 0) is 43.5 Å². The molecule has 1 aliphatic heterocycles. The first-order valence-corrected chi connectivity index (χ1v) is 10.2. The normalized spacial score (nSPS) is 17.0. The minimum atomic E-state index is -3.33. The molecule has 1 atom stereocenters. The smallest absolute Gasteiger partial charge is 0.257 e. The van der Waals surface area contributed by atoms with Crippen LogP contribution in [-0.2, 0) is 22.9 Å². The molecule has 0 radical (unpaired) electrons. The number of benzene rings is 1. The van der Waals surface area contributed by atoms with Gasteiger partial charge in [-0.2, -0.15) is 0 Å². The fraction of sp³-hybridized carbons (Fsp3) is 0.400. The quantitative estimate of drug-likeness (QED) is 0.894. The average molecular weight is 366 g/mol. The minimum absolute atomic E-state index is 0.149. The van der Waals surface area contributed by atoms with Gasteiger partial charge in [-0.25, -0.2) is 8.42 Å². The number of nitrogens with one attached hydrogen (secondary N) is 1. The van der Waals surface area contributed by atoms with Gasteiger partial charge in [-0.1, -0.05) is 18.3 Å². The zero-order valence-corrected chi connectivity index (χ0v) is 15.2. The summed E-state index contributed by atoms with van der Waals surface area (Å²) in [6.45, 7) is 3.83. The van der Waals surface area contributed by atoms with E-state index in [4.69, 9.17) is 0 Å². The van der Waals surface area contributed by atoms with Crippen molar-refractivity contribution in [3.63, 3.8) is 0 Å². The van der Waals surface area contributed by atoms with E-state index in [9.17, 15) is 13.2 Å². The number of amides is 1. The van der Waals surface area contributed by atoms with Gasteiger partial charge in [0.15, 0.2) is 0 Å².